The Bertz CT molecular complexity index is 456. The summed E-state index contributed by atoms with van der Waals surface area (Å²) in [4.78, 5) is 0.132. The number of nitrogens with two attached hydrogens (primary N) is 1. The number of nitrogens with zero attached hydrogens (tertiary/aromatic N) is 1. The van der Waals surface area contributed by atoms with Crippen LogP contribution in [0.2, 0.25) is 0 Å². The molecule has 0 spiro atoms. The highest BCUT2D eigenvalue weighted by Gasteiger charge is 2.20. The summed E-state index contributed by atoms with van der Waals surface area (Å²) in [6, 6.07) is 0. The van der Waals surface area contributed by atoms with Gasteiger partial charge in [-0.15, -0.1) is 0 Å². The van der Waals surface area contributed by atoms with Crippen LogP contribution >= 0.6 is 23.3 Å². The molecule has 3 N–H and O–H groups in total. The maximum atomic E-state index is 11.5. The lowest BCUT2D eigenvalue weighted by Crippen LogP contribution is -2.07. The average molecular weight is 295 g/mol. The summed E-state index contributed by atoms with van der Waals surface area (Å²) in [7, 11) is -3.31. The van der Waals surface area contributed by atoms with E-state index in [1.807, 2.05) is 0 Å². The number of anilines is 2. The standard InChI is InChI=1S/C9H17N3O2S3/c1-15-6-4-3-5-11-9-7(17(2,13)14)8(10)12-16-9/h11H,3-6H2,1-2H3,(H2,10,12). The maximum absolute atomic E-state index is 11.5. The minimum Gasteiger partial charge on any atom is -0.382 e. The zero-order chi connectivity index (χ0) is 12.9. The fraction of sp³-hybridized carbons (Fsp3) is 0.667. The van der Waals surface area contributed by atoms with E-state index in [9.17, 15) is 8.42 Å². The van der Waals surface area contributed by atoms with Gasteiger partial charge in [-0.25, -0.2) is 8.42 Å². The van der Waals surface area contributed by atoms with Crippen LogP contribution < -0.4 is 11.1 Å². The third-order valence-electron chi connectivity index (χ3n) is 2.11. The van der Waals surface area contributed by atoms with E-state index < -0.39 is 9.84 Å². The van der Waals surface area contributed by atoms with Crippen molar-refractivity contribution in [3.05, 3.63) is 0 Å². The molecule has 5 nitrogen and oxygen atoms in total. The van der Waals surface area contributed by atoms with Crippen LogP contribution in [0.25, 0.3) is 0 Å². The van der Waals surface area contributed by atoms with Crippen LogP contribution in [0.5, 0.6) is 0 Å². The largest absolute Gasteiger partial charge is 0.382 e. The Hall–Kier alpha value is -0.470. The molecule has 0 saturated heterocycles. The van der Waals surface area contributed by atoms with Crippen molar-refractivity contribution in [1.29, 1.82) is 0 Å². The molecule has 0 fully saturated rings. The number of sulfone groups is 1. The Morgan fingerprint density at radius 2 is 2.18 bits per heavy atom. The molecule has 0 atom stereocenters. The van der Waals surface area contributed by atoms with Crippen LogP contribution in [0.15, 0.2) is 4.90 Å². The van der Waals surface area contributed by atoms with E-state index in [4.69, 9.17) is 5.73 Å². The van der Waals surface area contributed by atoms with E-state index in [1.165, 1.54) is 0 Å². The third kappa shape index (κ3) is 4.36. The van der Waals surface area contributed by atoms with E-state index in [1.54, 1.807) is 11.8 Å². The molecule has 0 saturated carbocycles. The van der Waals surface area contributed by atoms with Gasteiger partial charge >= 0.3 is 0 Å². The second-order valence-corrected chi connectivity index (χ2v) is 7.34. The number of aromatic nitrogens is 1. The van der Waals surface area contributed by atoms with Gasteiger partial charge in [-0.1, -0.05) is 0 Å². The molecule has 0 aliphatic carbocycles. The first-order valence-corrected chi connectivity index (χ1v) is 9.20. The monoisotopic (exact) mass is 295 g/mol. The Kier molecular flexibility index (Phi) is 5.54. The zero-order valence-corrected chi connectivity index (χ0v) is 12.3. The number of rotatable bonds is 7. The minimum absolute atomic E-state index is 0.0871. The van der Waals surface area contributed by atoms with Gasteiger partial charge in [0.1, 0.15) is 9.90 Å². The lowest BCUT2D eigenvalue weighted by atomic mass is 10.3. The Morgan fingerprint density at radius 1 is 1.47 bits per heavy atom. The predicted octanol–water partition coefficient (Wildman–Crippen LogP) is 1.68. The number of thioether (sulfide) groups is 1. The van der Waals surface area contributed by atoms with E-state index >= 15 is 0 Å². The van der Waals surface area contributed by atoms with E-state index in [2.05, 4.69) is 15.9 Å². The van der Waals surface area contributed by atoms with Gasteiger partial charge in [0, 0.05) is 12.8 Å². The second-order valence-electron chi connectivity index (χ2n) is 3.62. The van der Waals surface area contributed by atoms with Crippen molar-refractivity contribution in [1.82, 2.24) is 4.37 Å². The number of unbranched alkanes of at least 4 members (excludes halogenated alkanes) is 1. The Balaban J connectivity index is 2.60. The SMILES string of the molecule is CSCCCCNc1snc(N)c1S(C)(=O)=O. The summed E-state index contributed by atoms with van der Waals surface area (Å²) in [5.41, 5.74) is 5.56. The summed E-state index contributed by atoms with van der Waals surface area (Å²) >= 11 is 2.90. The molecule has 1 aromatic rings. The molecule has 1 heterocycles. The lowest BCUT2D eigenvalue weighted by molar-refractivity contribution is 0.602. The van der Waals surface area contributed by atoms with Crippen molar-refractivity contribution in [3.63, 3.8) is 0 Å². The highest BCUT2D eigenvalue weighted by molar-refractivity contribution is 7.98. The molecular weight excluding hydrogens is 278 g/mol. The summed E-state index contributed by atoms with van der Waals surface area (Å²) in [6.45, 7) is 0.741. The van der Waals surface area contributed by atoms with Crippen molar-refractivity contribution in [2.24, 2.45) is 0 Å². The van der Waals surface area contributed by atoms with Gasteiger partial charge in [0.05, 0.1) is 0 Å². The molecule has 98 valence electrons. The van der Waals surface area contributed by atoms with E-state index in [0.717, 1.165) is 42.9 Å². The molecule has 8 heteroatoms. The van der Waals surface area contributed by atoms with Gasteiger partial charge in [-0.05, 0) is 36.4 Å². The third-order valence-corrected chi connectivity index (χ3v) is 4.91. The first-order valence-electron chi connectivity index (χ1n) is 5.15. The second kappa shape index (κ2) is 6.46. The van der Waals surface area contributed by atoms with Crippen LogP contribution in [0.4, 0.5) is 10.8 Å². The zero-order valence-electron chi connectivity index (χ0n) is 9.89. The van der Waals surface area contributed by atoms with Crippen LogP contribution in [-0.4, -0.2) is 37.6 Å². The molecule has 0 aliphatic heterocycles. The Labute approximate surface area is 110 Å². The fourth-order valence-electron chi connectivity index (χ4n) is 1.34. The van der Waals surface area contributed by atoms with Gasteiger partial charge in [0.15, 0.2) is 15.7 Å². The first kappa shape index (κ1) is 14.6. The van der Waals surface area contributed by atoms with Crippen LogP contribution in [-0.2, 0) is 9.84 Å². The summed E-state index contributed by atoms with van der Waals surface area (Å²) < 4.78 is 26.9. The number of hydrogen-bond donors (Lipinski definition) is 2. The van der Waals surface area contributed by atoms with Gasteiger partial charge < -0.3 is 11.1 Å². The van der Waals surface area contributed by atoms with Gasteiger partial charge in [0.2, 0.25) is 0 Å². The topological polar surface area (TPSA) is 85.1 Å². The van der Waals surface area contributed by atoms with Crippen molar-refractivity contribution in [2.45, 2.75) is 17.7 Å². The highest BCUT2D eigenvalue weighted by atomic mass is 32.2. The van der Waals surface area contributed by atoms with Crippen molar-refractivity contribution in [3.8, 4) is 0 Å². The summed E-state index contributed by atoms with van der Waals surface area (Å²) in [5, 5.41) is 3.64. The average Bonchev–Trinajstić information content (AvgIpc) is 2.59. The van der Waals surface area contributed by atoms with Crippen molar-refractivity contribution < 1.29 is 8.42 Å². The van der Waals surface area contributed by atoms with Crippen LogP contribution in [0.1, 0.15) is 12.8 Å². The van der Waals surface area contributed by atoms with Gasteiger partial charge in [0.25, 0.3) is 0 Å². The lowest BCUT2D eigenvalue weighted by Gasteiger charge is -2.05. The van der Waals surface area contributed by atoms with Crippen LogP contribution in [0, 0.1) is 0 Å². The number of nitrogens with one attached hydrogen (secondary N) is 1. The van der Waals surface area contributed by atoms with Crippen molar-refractivity contribution >= 4 is 44.0 Å². The smallest absolute Gasteiger partial charge is 0.182 e. The number of nitrogen functional groups attached to an aromatic ring is 1. The quantitative estimate of drug-likeness (QED) is 0.745. The van der Waals surface area contributed by atoms with Crippen LogP contribution in [0.3, 0.4) is 0 Å². The predicted molar refractivity (Wildman–Crippen MR) is 75.7 cm³/mol. The molecule has 17 heavy (non-hydrogen) atoms. The fourth-order valence-corrected chi connectivity index (χ4v) is 3.92. The summed E-state index contributed by atoms with van der Waals surface area (Å²) in [6.07, 6.45) is 5.32. The molecular formula is C9H17N3O2S3. The first-order chi connectivity index (χ1) is 7.96. The molecule has 0 radical (unpaired) electrons. The molecule has 0 aromatic carbocycles. The highest BCUT2D eigenvalue weighted by Crippen LogP contribution is 2.31. The summed E-state index contributed by atoms with van der Waals surface area (Å²) in [5.74, 6) is 1.20. The molecule has 1 aromatic heterocycles. The molecule has 1 rings (SSSR count). The van der Waals surface area contributed by atoms with Crippen molar-refractivity contribution in [2.75, 3.05) is 35.9 Å². The van der Waals surface area contributed by atoms with E-state index in [-0.39, 0.29) is 10.7 Å². The van der Waals surface area contributed by atoms with E-state index in [0.29, 0.717) is 5.00 Å². The van der Waals surface area contributed by atoms with Gasteiger partial charge in [-0.2, -0.15) is 16.1 Å². The number of hydrogen-bond acceptors (Lipinski definition) is 7. The van der Waals surface area contributed by atoms with Gasteiger partial charge in [-0.3, -0.25) is 0 Å². The molecule has 0 aliphatic rings. The normalized spacial score (nSPS) is 11.6. The molecule has 0 unspecified atom stereocenters. The molecule has 0 amide bonds. The Morgan fingerprint density at radius 3 is 2.76 bits per heavy atom. The maximum Gasteiger partial charge on any atom is 0.182 e. The molecule has 0 bridgehead atoms. The minimum atomic E-state index is -3.31.